The number of benzene rings is 1. The van der Waals surface area contributed by atoms with Crippen LogP contribution in [0.4, 0.5) is 5.69 Å². The Labute approximate surface area is 142 Å². The minimum atomic E-state index is -0.467. The molecule has 0 saturated heterocycles. The molecule has 0 aliphatic heterocycles. The maximum absolute atomic E-state index is 12.4. The normalized spacial score (nSPS) is 12.1. The maximum Gasteiger partial charge on any atom is 0.291 e. The van der Waals surface area contributed by atoms with E-state index in [1.54, 1.807) is 18.2 Å². The van der Waals surface area contributed by atoms with Crippen molar-refractivity contribution in [1.29, 1.82) is 0 Å². The number of hydrogen-bond acceptors (Lipinski definition) is 7. The van der Waals surface area contributed by atoms with Gasteiger partial charge in [0.1, 0.15) is 0 Å². The lowest BCUT2D eigenvalue weighted by atomic mass is 10.2. The highest BCUT2D eigenvalue weighted by Crippen LogP contribution is 2.21. The molecule has 9 heteroatoms. The minimum absolute atomic E-state index is 0.0179. The first-order chi connectivity index (χ1) is 11.6. The molecule has 1 aromatic carbocycles. The summed E-state index contributed by atoms with van der Waals surface area (Å²) in [6, 6.07) is 9.91. The fourth-order valence-corrected chi connectivity index (χ4v) is 3.78. The average molecular weight is 356 g/mol. The predicted octanol–water partition coefficient (Wildman–Crippen LogP) is 2.34. The Kier molecular flexibility index (Phi) is 3.44. The number of rotatable bonds is 3. The Morgan fingerprint density at radius 2 is 2.12 bits per heavy atom. The van der Waals surface area contributed by atoms with Crippen molar-refractivity contribution in [1.82, 2.24) is 14.6 Å². The van der Waals surface area contributed by atoms with Crippen molar-refractivity contribution < 1.29 is 4.92 Å². The van der Waals surface area contributed by atoms with Gasteiger partial charge >= 0.3 is 0 Å². The Hall–Kier alpha value is -2.91. The van der Waals surface area contributed by atoms with Crippen LogP contribution in [0.2, 0.25) is 0 Å². The van der Waals surface area contributed by atoms with Crippen LogP contribution in [0.5, 0.6) is 0 Å². The molecule has 4 aromatic rings. The van der Waals surface area contributed by atoms with Crippen LogP contribution in [0.3, 0.4) is 0 Å². The highest BCUT2D eigenvalue weighted by Gasteiger charge is 2.12. The molecular weight excluding hydrogens is 348 g/mol. The van der Waals surface area contributed by atoms with Gasteiger partial charge in [0.2, 0.25) is 4.96 Å². The maximum atomic E-state index is 12.4. The molecule has 4 rings (SSSR count). The Balaban J connectivity index is 1.82. The zero-order valence-corrected chi connectivity index (χ0v) is 13.6. The van der Waals surface area contributed by atoms with E-state index < -0.39 is 4.92 Å². The number of thiazole rings is 1. The van der Waals surface area contributed by atoms with Gasteiger partial charge in [-0.25, -0.2) is 0 Å². The van der Waals surface area contributed by atoms with Gasteiger partial charge in [0.25, 0.3) is 11.2 Å². The van der Waals surface area contributed by atoms with Gasteiger partial charge in [-0.2, -0.15) is 9.50 Å². The highest BCUT2D eigenvalue weighted by atomic mass is 32.1. The van der Waals surface area contributed by atoms with Crippen LogP contribution in [0.15, 0.2) is 46.6 Å². The van der Waals surface area contributed by atoms with E-state index in [-0.39, 0.29) is 11.2 Å². The lowest BCUT2D eigenvalue weighted by molar-refractivity contribution is -0.384. The van der Waals surface area contributed by atoms with Crippen molar-refractivity contribution in [3.05, 3.63) is 72.3 Å². The first-order valence-electron chi connectivity index (χ1n) is 6.81. The third-order valence-corrected chi connectivity index (χ3v) is 5.13. The molecule has 0 fully saturated rings. The number of nitro benzene ring substituents is 1. The first-order valence-corrected chi connectivity index (χ1v) is 8.51. The lowest BCUT2D eigenvalue weighted by Gasteiger charge is -1.92. The summed E-state index contributed by atoms with van der Waals surface area (Å²) >= 11 is 2.71. The van der Waals surface area contributed by atoms with Crippen LogP contribution in [0.1, 0.15) is 5.56 Å². The first kappa shape index (κ1) is 14.7. The van der Waals surface area contributed by atoms with E-state index in [2.05, 4.69) is 10.1 Å². The van der Waals surface area contributed by atoms with Gasteiger partial charge in [0.15, 0.2) is 5.82 Å². The Morgan fingerprint density at radius 3 is 2.83 bits per heavy atom. The fraction of sp³-hybridized carbons (Fsp3) is 0. The second-order valence-corrected chi connectivity index (χ2v) is 6.83. The largest absolute Gasteiger partial charge is 0.291 e. The van der Waals surface area contributed by atoms with E-state index in [0.29, 0.717) is 20.9 Å². The number of aromatic nitrogens is 3. The summed E-state index contributed by atoms with van der Waals surface area (Å²) in [6.45, 7) is 0. The van der Waals surface area contributed by atoms with Crippen LogP contribution in [0, 0.1) is 10.1 Å². The molecule has 0 N–H and O–H groups in total. The molecule has 118 valence electrons. The molecule has 0 amide bonds. The molecule has 3 aromatic heterocycles. The van der Waals surface area contributed by atoms with Crippen molar-refractivity contribution in [3.8, 4) is 10.7 Å². The van der Waals surface area contributed by atoms with Gasteiger partial charge in [-0.3, -0.25) is 14.9 Å². The molecule has 24 heavy (non-hydrogen) atoms. The van der Waals surface area contributed by atoms with E-state index in [9.17, 15) is 14.9 Å². The molecule has 0 unspecified atom stereocenters. The molecule has 0 bridgehead atoms. The molecule has 0 saturated carbocycles. The van der Waals surface area contributed by atoms with E-state index in [1.165, 1.54) is 39.3 Å². The summed E-state index contributed by atoms with van der Waals surface area (Å²) < 4.78 is 1.70. The third-order valence-electron chi connectivity index (χ3n) is 3.30. The summed E-state index contributed by atoms with van der Waals surface area (Å²) in [6.07, 6.45) is 1.61. The minimum Gasteiger partial charge on any atom is -0.266 e. The fourth-order valence-electron chi connectivity index (χ4n) is 2.22. The number of nitrogens with zero attached hydrogens (tertiary/aromatic N) is 4. The van der Waals surface area contributed by atoms with Crippen molar-refractivity contribution in [3.63, 3.8) is 0 Å². The van der Waals surface area contributed by atoms with Crippen molar-refractivity contribution in [2.24, 2.45) is 0 Å². The predicted molar refractivity (Wildman–Crippen MR) is 92.3 cm³/mol. The number of non-ortho nitro benzene ring substituents is 1. The van der Waals surface area contributed by atoms with E-state index >= 15 is 0 Å². The van der Waals surface area contributed by atoms with Crippen LogP contribution < -0.4 is 10.1 Å². The summed E-state index contributed by atoms with van der Waals surface area (Å²) in [5.41, 5.74) is 0.289. The van der Waals surface area contributed by atoms with Gasteiger partial charge < -0.3 is 0 Å². The van der Waals surface area contributed by atoms with Crippen molar-refractivity contribution in [2.75, 3.05) is 0 Å². The summed E-state index contributed by atoms with van der Waals surface area (Å²) in [5, 5.41) is 17.0. The summed E-state index contributed by atoms with van der Waals surface area (Å²) in [7, 11) is 0. The SMILES string of the molecule is O=c1c(=Cc2cccc([N+](=O)[O-])c2)sc2nc(-c3cccs3)nn12. The van der Waals surface area contributed by atoms with Gasteiger partial charge in [-0.05, 0) is 23.1 Å². The molecule has 0 spiro atoms. The number of fused-ring (bicyclic) bond motifs is 1. The topological polar surface area (TPSA) is 90.4 Å². The smallest absolute Gasteiger partial charge is 0.266 e. The monoisotopic (exact) mass is 356 g/mol. The number of hydrogen-bond donors (Lipinski definition) is 0. The molecule has 0 atom stereocenters. The van der Waals surface area contributed by atoms with E-state index in [0.717, 1.165) is 4.88 Å². The third kappa shape index (κ3) is 2.49. The quantitative estimate of drug-likeness (QED) is 0.415. The van der Waals surface area contributed by atoms with Gasteiger partial charge in [-0.15, -0.1) is 16.4 Å². The van der Waals surface area contributed by atoms with Gasteiger partial charge in [0, 0.05) is 12.1 Å². The summed E-state index contributed by atoms with van der Waals surface area (Å²) in [4.78, 5) is 28.6. The van der Waals surface area contributed by atoms with Crippen LogP contribution in [-0.4, -0.2) is 19.5 Å². The zero-order valence-electron chi connectivity index (χ0n) is 11.9. The highest BCUT2D eigenvalue weighted by molar-refractivity contribution is 7.15. The second-order valence-electron chi connectivity index (χ2n) is 4.87. The van der Waals surface area contributed by atoms with Crippen molar-refractivity contribution >= 4 is 39.4 Å². The Morgan fingerprint density at radius 1 is 1.25 bits per heavy atom. The average Bonchev–Trinajstić information content (AvgIpc) is 3.27. The summed E-state index contributed by atoms with van der Waals surface area (Å²) in [5.74, 6) is 0.523. The standard InChI is InChI=1S/C15H8N4O3S2/c20-14-12(8-9-3-1-4-10(7-9)19(21)22)24-15-16-13(17-18(14)15)11-5-2-6-23-11/h1-8H. The number of thiophene rings is 1. The molecule has 3 heterocycles. The molecule has 0 aliphatic carbocycles. The van der Waals surface area contributed by atoms with Crippen molar-refractivity contribution in [2.45, 2.75) is 0 Å². The molecular formula is C15H8N4O3S2. The zero-order chi connectivity index (χ0) is 16.7. The van der Waals surface area contributed by atoms with Crippen LogP contribution >= 0.6 is 22.7 Å². The molecule has 0 aliphatic rings. The second kappa shape index (κ2) is 5.62. The Bertz CT molecular complexity index is 1160. The lowest BCUT2D eigenvalue weighted by Crippen LogP contribution is -2.23. The van der Waals surface area contributed by atoms with Crippen LogP contribution in [-0.2, 0) is 0 Å². The van der Waals surface area contributed by atoms with Gasteiger partial charge in [0.05, 0.1) is 14.3 Å². The van der Waals surface area contributed by atoms with E-state index in [4.69, 9.17) is 0 Å². The van der Waals surface area contributed by atoms with Crippen LogP contribution in [0.25, 0.3) is 21.7 Å². The number of nitro groups is 1. The molecule has 0 radical (unpaired) electrons. The van der Waals surface area contributed by atoms with E-state index in [1.807, 2.05) is 17.5 Å². The van der Waals surface area contributed by atoms with Gasteiger partial charge in [-0.1, -0.05) is 29.5 Å². The molecule has 7 nitrogen and oxygen atoms in total.